The van der Waals surface area contributed by atoms with E-state index >= 15 is 0 Å². The smallest absolute Gasteiger partial charge is 0.215 e. The van der Waals surface area contributed by atoms with Gasteiger partial charge in [0.05, 0.1) is 5.75 Å². The summed E-state index contributed by atoms with van der Waals surface area (Å²) >= 11 is 0. The zero-order chi connectivity index (χ0) is 20.9. The number of aromatic nitrogens is 1. The minimum atomic E-state index is -3.29. The summed E-state index contributed by atoms with van der Waals surface area (Å²) in [6.07, 6.45) is 2.99. The van der Waals surface area contributed by atoms with Gasteiger partial charge in [0.25, 0.3) is 0 Å². The molecule has 2 unspecified atom stereocenters. The van der Waals surface area contributed by atoms with E-state index in [1.165, 1.54) is 6.42 Å². The van der Waals surface area contributed by atoms with Crippen LogP contribution in [0.1, 0.15) is 20.3 Å². The van der Waals surface area contributed by atoms with E-state index in [2.05, 4.69) is 38.9 Å². The number of aliphatic imine (C=N–C) groups is 1. The van der Waals surface area contributed by atoms with Crippen LogP contribution < -0.4 is 10.2 Å². The van der Waals surface area contributed by atoms with Crippen molar-refractivity contribution in [2.45, 2.75) is 20.3 Å². The van der Waals surface area contributed by atoms with Crippen LogP contribution >= 0.6 is 24.0 Å². The Hall–Kier alpha value is -1.14. The molecule has 1 aromatic heterocycles. The monoisotopic (exact) mass is 550 g/mol. The van der Waals surface area contributed by atoms with Crippen molar-refractivity contribution in [1.29, 1.82) is 0 Å². The standard InChI is InChI=1S/C20H34N6O2S.HI/c1-17-14-18(2)16-25(15-17)20(21-3)23-8-13-29(27,28)26-11-9-24(10-12-26)19-6-4-5-7-22-19;/h4-7,17-18H,8-16H2,1-3H3,(H,21,23);1H. The van der Waals surface area contributed by atoms with E-state index in [0.717, 1.165) is 24.9 Å². The molecule has 0 aromatic carbocycles. The zero-order valence-electron chi connectivity index (χ0n) is 18.2. The van der Waals surface area contributed by atoms with E-state index < -0.39 is 10.0 Å². The lowest BCUT2D eigenvalue weighted by atomic mass is 9.92. The van der Waals surface area contributed by atoms with Crippen LogP contribution in [0.25, 0.3) is 0 Å². The number of rotatable bonds is 5. The molecular weight excluding hydrogens is 515 g/mol. The molecule has 2 fully saturated rings. The molecule has 2 aliphatic heterocycles. The second-order valence-electron chi connectivity index (χ2n) is 8.22. The number of nitrogens with one attached hydrogen (secondary N) is 1. The third kappa shape index (κ3) is 6.68. The number of sulfonamides is 1. The van der Waals surface area contributed by atoms with E-state index in [1.54, 1.807) is 17.5 Å². The predicted octanol–water partition coefficient (Wildman–Crippen LogP) is 1.70. The SMILES string of the molecule is CN=C(NCCS(=O)(=O)N1CCN(c2ccccn2)CC1)N1CC(C)CC(C)C1.I. The maximum absolute atomic E-state index is 12.8. The topological polar surface area (TPSA) is 81.1 Å². The highest BCUT2D eigenvalue weighted by Crippen LogP contribution is 2.21. The molecule has 170 valence electrons. The first kappa shape index (κ1) is 25.1. The molecule has 3 heterocycles. The van der Waals surface area contributed by atoms with Crippen LogP contribution in [0.2, 0.25) is 0 Å². The van der Waals surface area contributed by atoms with Gasteiger partial charge in [-0.15, -0.1) is 24.0 Å². The number of guanidine groups is 1. The van der Waals surface area contributed by atoms with Crippen LogP contribution in [-0.4, -0.2) is 87.2 Å². The van der Waals surface area contributed by atoms with Crippen LogP contribution in [0.3, 0.4) is 0 Å². The van der Waals surface area contributed by atoms with Gasteiger partial charge in [-0.25, -0.2) is 13.4 Å². The maximum atomic E-state index is 12.8. The normalized spacial score (nSPS) is 23.8. The van der Waals surface area contributed by atoms with Gasteiger partial charge in [0.15, 0.2) is 5.96 Å². The molecule has 2 atom stereocenters. The minimum Gasteiger partial charge on any atom is -0.355 e. The molecule has 0 spiro atoms. The van der Waals surface area contributed by atoms with Gasteiger partial charge in [-0.05, 0) is 30.4 Å². The molecule has 2 aliphatic rings. The van der Waals surface area contributed by atoms with E-state index in [-0.39, 0.29) is 29.7 Å². The number of halogens is 1. The molecule has 8 nitrogen and oxygen atoms in total. The lowest BCUT2D eigenvalue weighted by molar-refractivity contribution is 0.209. The fourth-order valence-corrected chi connectivity index (χ4v) is 5.66. The first-order chi connectivity index (χ1) is 13.9. The van der Waals surface area contributed by atoms with Gasteiger partial charge in [-0.2, -0.15) is 4.31 Å². The molecule has 0 saturated carbocycles. The van der Waals surface area contributed by atoms with Gasteiger partial charge < -0.3 is 15.1 Å². The Morgan fingerprint density at radius 3 is 2.40 bits per heavy atom. The number of likely N-dealkylation sites (tertiary alicyclic amines) is 1. The number of hydrogen-bond donors (Lipinski definition) is 1. The Morgan fingerprint density at radius 2 is 1.83 bits per heavy atom. The van der Waals surface area contributed by atoms with Gasteiger partial charge in [0.2, 0.25) is 10.0 Å². The van der Waals surface area contributed by atoms with E-state index in [9.17, 15) is 8.42 Å². The summed E-state index contributed by atoms with van der Waals surface area (Å²) in [5, 5.41) is 3.26. The van der Waals surface area contributed by atoms with Gasteiger partial charge >= 0.3 is 0 Å². The van der Waals surface area contributed by atoms with Crippen LogP contribution in [-0.2, 0) is 10.0 Å². The number of nitrogens with zero attached hydrogens (tertiary/aromatic N) is 5. The van der Waals surface area contributed by atoms with Crippen LogP contribution in [0, 0.1) is 11.8 Å². The van der Waals surface area contributed by atoms with Crippen molar-refractivity contribution in [3.05, 3.63) is 24.4 Å². The molecule has 0 radical (unpaired) electrons. The number of anilines is 1. The highest BCUT2D eigenvalue weighted by Gasteiger charge is 2.28. The van der Waals surface area contributed by atoms with Gasteiger partial charge in [-0.1, -0.05) is 19.9 Å². The third-order valence-electron chi connectivity index (χ3n) is 5.63. The average molecular weight is 551 g/mol. The lowest BCUT2D eigenvalue weighted by Gasteiger charge is -2.37. The van der Waals surface area contributed by atoms with Gasteiger partial charge in [-0.3, -0.25) is 4.99 Å². The largest absolute Gasteiger partial charge is 0.355 e. The van der Waals surface area contributed by atoms with Crippen LogP contribution in [0.5, 0.6) is 0 Å². The molecule has 3 rings (SSSR count). The highest BCUT2D eigenvalue weighted by atomic mass is 127. The van der Waals surface area contributed by atoms with Crippen molar-refractivity contribution in [1.82, 2.24) is 19.5 Å². The first-order valence-electron chi connectivity index (χ1n) is 10.5. The molecule has 0 bridgehead atoms. The Morgan fingerprint density at radius 1 is 1.17 bits per heavy atom. The molecule has 0 aliphatic carbocycles. The van der Waals surface area contributed by atoms with Crippen molar-refractivity contribution < 1.29 is 8.42 Å². The van der Waals surface area contributed by atoms with Crippen molar-refractivity contribution >= 4 is 45.8 Å². The van der Waals surface area contributed by atoms with E-state index in [0.29, 0.717) is 44.6 Å². The van der Waals surface area contributed by atoms with Crippen LogP contribution in [0.4, 0.5) is 5.82 Å². The van der Waals surface area contributed by atoms with E-state index in [4.69, 9.17) is 0 Å². The Kier molecular flexibility index (Phi) is 9.61. The van der Waals surface area contributed by atoms with Crippen molar-refractivity contribution in [3.63, 3.8) is 0 Å². The molecule has 10 heteroatoms. The second kappa shape index (κ2) is 11.5. The fourth-order valence-electron chi connectivity index (χ4n) is 4.33. The summed E-state index contributed by atoms with van der Waals surface area (Å²) in [4.78, 5) is 13.1. The molecule has 1 aromatic rings. The van der Waals surface area contributed by atoms with Gasteiger partial charge in [0, 0.05) is 59.1 Å². The predicted molar refractivity (Wildman–Crippen MR) is 133 cm³/mol. The summed E-state index contributed by atoms with van der Waals surface area (Å²) in [7, 11) is -1.53. The second-order valence-corrected chi connectivity index (χ2v) is 10.3. The zero-order valence-corrected chi connectivity index (χ0v) is 21.3. The Balaban J connectivity index is 0.00000320. The van der Waals surface area contributed by atoms with Crippen molar-refractivity contribution in [2.75, 3.05) is 63.5 Å². The Labute approximate surface area is 198 Å². The number of piperazine rings is 1. The maximum Gasteiger partial charge on any atom is 0.215 e. The Bertz CT molecular complexity index is 774. The number of piperidine rings is 1. The van der Waals surface area contributed by atoms with E-state index in [1.807, 2.05) is 18.2 Å². The van der Waals surface area contributed by atoms with Crippen molar-refractivity contribution in [2.24, 2.45) is 16.8 Å². The summed E-state index contributed by atoms with van der Waals surface area (Å²) in [6.45, 7) is 9.12. The minimum absolute atomic E-state index is 0. The number of hydrogen-bond acceptors (Lipinski definition) is 5. The quantitative estimate of drug-likeness (QED) is 0.342. The molecular formula is C20H35IN6O2S. The van der Waals surface area contributed by atoms with Gasteiger partial charge in [0.1, 0.15) is 5.82 Å². The molecule has 30 heavy (non-hydrogen) atoms. The fraction of sp³-hybridized carbons (Fsp3) is 0.700. The van der Waals surface area contributed by atoms with Crippen LogP contribution in [0.15, 0.2) is 29.4 Å². The third-order valence-corrected chi connectivity index (χ3v) is 7.50. The summed E-state index contributed by atoms with van der Waals surface area (Å²) in [6, 6.07) is 5.80. The first-order valence-corrected chi connectivity index (χ1v) is 12.1. The lowest BCUT2D eigenvalue weighted by Crippen LogP contribution is -2.52. The summed E-state index contributed by atoms with van der Waals surface area (Å²) in [5.74, 6) is 3.03. The molecule has 1 N–H and O–H groups in total. The molecule has 0 amide bonds. The summed E-state index contributed by atoms with van der Waals surface area (Å²) in [5.41, 5.74) is 0. The van der Waals surface area contributed by atoms with Crippen molar-refractivity contribution in [3.8, 4) is 0 Å². The average Bonchev–Trinajstić information content (AvgIpc) is 2.71. The summed E-state index contributed by atoms with van der Waals surface area (Å²) < 4.78 is 27.2. The molecule has 2 saturated heterocycles. The number of pyridine rings is 1. The highest BCUT2D eigenvalue weighted by molar-refractivity contribution is 14.0.